The molecule has 1 aromatic rings. The van der Waals surface area contributed by atoms with E-state index in [1.807, 2.05) is 11.8 Å². The summed E-state index contributed by atoms with van der Waals surface area (Å²) in [5.41, 5.74) is 1.21. The highest BCUT2D eigenvalue weighted by molar-refractivity contribution is 7.12. The lowest BCUT2D eigenvalue weighted by Crippen LogP contribution is -2.49. The van der Waals surface area contributed by atoms with E-state index in [9.17, 15) is 4.79 Å². The molecule has 2 amide bonds. The van der Waals surface area contributed by atoms with Gasteiger partial charge in [-0.1, -0.05) is 0 Å². The third-order valence-corrected chi connectivity index (χ3v) is 5.22. The number of urea groups is 1. The molecule has 0 bridgehead atoms. The van der Waals surface area contributed by atoms with Crippen LogP contribution in [0.25, 0.3) is 0 Å². The number of likely N-dealkylation sites (tertiary alicyclic amines) is 1. The highest BCUT2D eigenvalue weighted by Gasteiger charge is 2.27. The molecule has 1 aromatic heterocycles. The van der Waals surface area contributed by atoms with Crippen LogP contribution in [0.15, 0.2) is 6.07 Å². The average Bonchev–Trinajstić information content (AvgIpc) is 2.78. The fraction of sp³-hybridized carbons (Fsp3) is 0.688. The van der Waals surface area contributed by atoms with Gasteiger partial charge in [-0.2, -0.15) is 0 Å². The lowest BCUT2D eigenvalue weighted by molar-refractivity contribution is 0.130. The molecule has 2 N–H and O–H groups in total. The summed E-state index contributed by atoms with van der Waals surface area (Å²) in [6.45, 7) is 7.18. The molecule has 1 aliphatic rings. The van der Waals surface area contributed by atoms with E-state index in [0.717, 1.165) is 25.8 Å². The molecule has 0 saturated carbocycles. The van der Waals surface area contributed by atoms with Gasteiger partial charge >= 0.3 is 6.03 Å². The second-order valence-electron chi connectivity index (χ2n) is 5.90. The second-order valence-corrected chi connectivity index (χ2v) is 7.36. The van der Waals surface area contributed by atoms with Gasteiger partial charge in [0.15, 0.2) is 0 Å². The maximum Gasteiger partial charge on any atom is 0.318 e. The molecule has 0 aliphatic carbocycles. The number of rotatable bonds is 4. The Bertz CT molecular complexity index is 485. The SMILES string of the molecule is Cc1cc([C@@H](C)NC(=O)N2CCCC[C@H]2CCO)c(C)s1. The third-order valence-electron chi connectivity index (χ3n) is 4.24. The van der Waals surface area contributed by atoms with Crippen molar-refractivity contribution in [3.05, 3.63) is 21.4 Å². The van der Waals surface area contributed by atoms with Crippen LogP contribution in [0, 0.1) is 13.8 Å². The normalized spacial score (nSPS) is 20.4. The minimum atomic E-state index is 0.00361. The van der Waals surface area contributed by atoms with Gasteiger partial charge in [-0.25, -0.2) is 4.79 Å². The maximum atomic E-state index is 12.5. The first-order valence-electron chi connectivity index (χ1n) is 7.78. The highest BCUT2D eigenvalue weighted by Crippen LogP contribution is 2.27. The molecule has 118 valence electrons. The van der Waals surface area contributed by atoms with Crippen molar-refractivity contribution in [2.24, 2.45) is 0 Å². The van der Waals surface area contributed by atoms with E-state index in [0.29, 0.717) is 6.42 Å². The Balaban J connectivity index is 2.00. The van der Waals surface area contributed by atoms with Gasteiger partial charge in [0.05, 0.1) is 6.04 Å². The standard InChI is InChI=1S/C16H26N2O2S/c1-11-10-15(13(3)21-11)12(2)17-16(20)18-8-5-4-6-14(18)7-9-19/h10,12,14,19H,4-9H2,1-3H3,(H,17,20)/t12-,14+/m1/s1. The zero-order valence-corrected chi connectivity index (χ0v) is 14.0. The monoisotopic (exact) mass is 310 g/mol. The quantitative estimate of drug-likeness (QED) is 0.896. The van der Waals surface area contributed by atoms with E-state index in [2.05, 4.69) is 25.2 Å². The van der Waals surface area contributed by atoms with Crippen molar-refractivity contribution in [3.8, 4) is 0 Å². The molecule has 0 unspecified atom stereocenters. The minimum Gasteiger partial charge on any atom is -0.396 e. The van der Waals surface area contributed by atoms with Crippen LogP contribution in [0.4, 0.5) is 4.79 Å². The van der Waals surface area contributed by atoms with Gasteiger partial charge in [-0.15, -0.1) is 11.3 Å². The number of aliphatic hydroxyl groups excluding tert-OH is 1. The van der Waals surface area contributed by atoms with Gasteiger partial charge in [-0.3, -0.25) is 0 Å². The van der Waals surface area contributed by atoms with E-state index < -0.39 is 0 Å². The number of nitrogens with one attached hydrogen (secondary N) is 1. The molecule has 2 rings (SSSR count). The van der Waals surface area contributed by atoms with Gasteiger partial charge in [0, 0.05) is 28.9 Å². The third kappa shape index (κ3) is 3.98. The van der Waals surface area contributed by atoms with E-state index in [1.54, 1.807) is 11.3 Å². The topological polar surface area (TPSA) is 52.6 Å². The van der Waals surface area contributed by atoms with E-state index in [-0.39, 0.29) is 24.7 Å². The van der Waals surface area contributed by atoms with Crippen molar-refractivity contribution in [2.45, 2.75) is 58.5 Å². The number of aliphatic hydroxyl groups is 1. The molecule has 0 spiro atoms. The largest absolute Gasteiger partial charge is 0.396 e. The van der Waals surface area contributed by atoms with Crippen LogP contribution in [0.5, 0.6) is 0 Å². The van der Waals surface area contributed by atoms with Crippen molar-refractivity contribution in [2.75, 3.05) is 13.2 Å². The van der Waals surface area contributed by atoms with Crippen LogP contribution in [-0.4, -0.2) is 35.2 Å². The molecule has 2 atom stereocenters. The Labute approximate surface area is 131 Å². The van der Waals surface area contributed by atoms with Gasteiger partial charge in [-0.05, 0) is 58.1 Å². The molecular formula is C16H26N2O2S. The molecule has 1 saturated heterocycles. The van der Waals surface area contributed by atoms with Crippen LogP contribution >= 0.6 is 11.3 Å². The summed E-state index contributed by atoms with van der Waals surface area (Å²) in [7, 11) is 0. The number of hydrogen-bond donors (Lipinski definition) is 2. The van der Waals surface area contributed by atoms with E-state index in [4.69, 9.17) is 5.11 Å². The Morgan fingerprint density at radius 2 is 2.29 bits per heavy atom. The number of hydrogen-bond acceptors (Lipinski definition) is 3. The van der Waals surface area contributed by atoms with Gasteiger partial charge < -0.3 is 15.3 Å². The van der Waals surface area contributed by atoms with Crippen LogP contribution in [-0.2, 0) is 0 Å². The molecule has 1 fully saturated rings. The summed E-state index contributed by atoms with van der Waals surface area (Å²) in [5, 5.41) is 12.3. The van der Waals surface area contributed by atoms with Gasteiger partial charge in [0.1, 0.15) is 0 Å². The summed E-state index contributed by atoms with van der Waals surface area (Å²) in [4.78, 5) is 17.0. The zero-order valence-electron chi connectivity index (χ0n) is 13.2. The van der Waals surface area contributed by atoms with Crippen LogP contribution in [0.3, 0.4) is 0 Å². The van der Waals surface area contributed by atoms with Crippen molar-refractivity contribution in [1.82, 2.24) is 10.2 Å². The fourth-order valence-electron chi connectivity index (χ4n) is 3.14. The van der Waals surface area contributed by atoms with Gasteiger partial charge in [0.25, 0.3) is 0 Å². The maximum absolute atomic E-state index is 12.5. The number of carbonyl (C=O) groups is 1. The Kier molecular flexibility index (Phi) is 5.65. The van der Waals surface area contributed by atoms with Crippen LogP contribution in [0.2, 0.25) is 0 Å². The second kappa shape index (κ2) is 7.27. The first-order chi connectivity index (χ1) is 10.0. The van der Waals surface area contributed by atoms with Crippen molar-refractivity contribution in [3.63, 3.8) is 0 Å². The van der Waals surface area contributed by atoms with Crippen molar-refractivity contribution in [1.29, 1.82) is 0 Å². The first-order valence-corrected chi connectivity index (χ1v) is 8.59. The summed E-state index contributed by atoms with van der Waals surface area (Å²) < 4.78 is 0. The van der Waals surface area contributed by atoms with Crippen molar-refractivity contribution < 1.29 is 9.90 Å². The number of nitrogens with zero attached hydrogens (tertiary/aromatic N) is 1. The molecular weight excluding hydrogens is 284 g/mol. The molecule has 2 heterocycles. The molecule has 0 radical (unpaired) electrons. The minimum absolute atomic E-state index is 0.00361. The number of thiophene rings is 1. The number of aryl methyl sites for hydroxylation is 2. The number of amides is 2. The fourth-order valence-corrected chi connectivity index (χ4v) is 4.17. The van der Waals surface area contributed by atoms with Crippen molar-refractivity contribution >= 4 is 17.4 Å². The smallest absolute Gasteiger partial charge is 0.318 e. The Hall–Kier alpha value is -1.07. The predicted molar refractivity (Wildman–Crippen MR) is 86.8 cm³/mol. The molecule has 5 heteroatoms. The Morgan fingerprint density at radius 3 is 2.90 bits per heavy atom. The summed E-state index contributed by atoms with van der Waals surface area (Å²) in [5.74, 6) is 0. The zero-order chi connectivity index (χ0) is 15.4. The molecule has 21 heavy (non-hydrogen) atoms. The lowest BCUT2D eigenvalue weighted by atomic mass is 10.00. The highest BCUT2D eigenvalue weighted by atomic mass is 32.1. The summed E-state index contributed by atoms with van der Waals surface area (Å²) >= 11 is 1.77. The lowest BCUT2D eigenvalue weighted by Gasteiger charge is -2.36. The molecule has 0 aromatic carbocycles. The summed E-state index contributed by atoms with van der Waals surface area (Å²) in [6.07, 6.45) is 3.88. The molecule has 4 nitrogen and oxygen atoms in total. The number of carbonyl (C=O) groups excluding carboxylic acids is 1. The predicted octanol–water partition coefficient (Wildman–Crippen LogP) is 3.37. The van der Waals surface area contributed by atoms with Gasteiger partial charge in [0.2, 0.25) is 0 Å². The van der Waals surface area contributed by atoms with E-state index >= 15 is 0 Å². The summed E-state index contributed by atoms with van der Waals surface area (Å²) in [6, 6.07) is 2.37. The Morgan fingerprint density at radius 1 is 1.52 bits per heavy atom. The first kappa shape index (κ1) is 16.3. The van der Waals surface area contributed by atoms with Crippen LogP contribution < -0.4 is 5.32 Å². The molecule has 1 aliphatic heterocycles. The average molecular weight is 310 g/mol. The van der Waals surface area contributed by atoms with E-state index in [1.165, 1.54) is 15.3 Å². The van der Waals surface area contributed by atoms with Crippen LogP contribution in [0.1, 0.15) is 54.0 Å². The number of piperidine rings is 1.